The van der Waals surface area contributed by atoms with Gasteiger partial charge in [-0.1, -0.05) is 60.7 Å². The number of alkyl carbamates (subject to hydrolysis) is 1. The first kappa shape index (κ1) is 21.1. The number of aliphatic carboxylic acids is 1. The van der Waals surface area contributed by atoms with E-state index in [0.29, 0.717) is 12.3 Å². The molecule has 0 bridgehead atoms. The van der Waals surface area contributed by atoms with Gasteiger partial charge in [0.1, 0.15) is 19.4 Å². The molecule has 1 atom stereocenters. The molecule has 156 valence electrons. The number of aromatic nitrogens is 2. The van der Waals surface area contributed by atoms with Gasteiger partial charge in [0.15, 0.2) is 0 Å². The van der Waals surface area contributed by atoms with Crippen molar-refractivity contribution < 1.29 is 24.2 Å². The highest BCUT2D eigenvalue weighted by atomic mass is 16.5. The normalized spacial score (nSPS) is 11.6. The molecule has 2 aromatic carbocycles. The van der Waals surface area contributed by atoms with Crippen LogP contribution >= 0.6 is 0 Å². The zero-order valence-electron chi connectivity index (χ0n) is 16.3. The molecule has 2 N–H and O–H groups in total. The molecule has 0 radical (unpaired) electrons. The van der Waals surface area contributed by atoms with Crippen molar-refractivity contribution in [2.45, 2.75) is 32.4 Å². The Morgan fingerprint density at radius 2 is 1.63 bits per heavy atom. The maximum absolute atomic E-state index is 12.0. The molecule has 0 spiro atoms. The van der Waals surface area contributed by atoms with Gasteiger partial charge in [0.25, 0.3) is 0 Å². The molecule has 3 rings (SSSR count). The van der Waals surface area contributed by atoms with Crippen LogP contribution in [-0.4, -0.2) is 32.8 Å². The second kappa shape index (κ2) is 10.8. The molecule has 30 heavy (non-hydrogen) atoms. The minimum atomic E-state index is -1.16. The van der Waals surface area contributed by atoms with Crippen molar-refractivity contribution in [2.75, 3.05) is 0 Å². The molecular formula is C22H23N3O5. The van der Waals surface area contributed by atoms with E-state index in [4.69, 9.17) is 9.47 Å². The third kappa shape index (κ3) is 6.46. The number of carboxylic acids is 1. The van der Waals surface area contributed by atoms with Crippen LogP contribution in [0.2, 0.25) is 0 Å². The topological polar surface area (TPSA) is 103 Å². The Hall–Kier alpha value is -3.65. The van der Waals surface area contributed by atoms with Crippen molar-refractivity contribution >= 4 is 12.1 Å². The first-order chi connectivity index (χ1) is 14.6. The lowest BCUT2D eigenvalue weighted by Gasteiger charge is -2.16. The van der Waals surface area contributed by atoms with Gasteiger partial charge in [0.05, 0.1) is 12.9 Å². The Balaban J connectivity index is 1.51. The lowest BCUT2D eigenvalue weighted by Crippen LogP contribution is -2.42. The monoisotopic (exact) mass is 409 g/mol. The van der Waals surface area contributed by atoms with E-state index in [1.54, 1.807) is 17.1 Å². The molecule has 1 unspecified atom stereocenters. The molecule has 0 aliphatic heterocycles. The molecule has 8 nitrogen and oxygen atoms in total. The number of hydrogen-bond acceptors (Lipinski definition) is 5. The summed E-state index contributed by atoms with van der Waals surface area (Å²) in [6.45, 7) is 0.699. The van der Waals surface area contributed by atoms with E-state index in [1.165, 1.54) is 0 Å². The van der Waals surface area contributed by atoms with Crippen LogP contribution in [0.1, 0.15) is 16.8 Å². The summed E-state index contributed by atoms with van der Waals surface area (Å²) in [6, 6.07) is 17.7. The largest absolute Gasteiger partial charge is 0.480 e. The Kier molecular flexibility index (Phi) is 7.57. The van der Waals surface area contributed by atoms with Crippen LogP contribution in [0.3, 0.4) is 0 Å². The zero-order chi connectivity index (χ0) is 21.2. The van der Waals surface area contributed by atoms with E-state index in [2.05, 4.69) is 10.3 Å². The highest BCUT2D eigenvalue weighted by Crippen LogP contribution is 2.08. The van der Waals surface area contributed by atoms with Crippen LogP contribution in [-0.2, 0) is 40.6 Å². The summed E-state index contributed by atoms with van der Waals surface area (Å²) in [5, 5.41) is 11.9. The molecule has 0 saturated heterocycles. The molecule has 8 heteroatoms. The zero-order valence-corrected chi connectivity index (χ0v) is 16.3. The lowest BCUT2D eigenvalue weighted by molar-refractivity contribution is -0.139. The van der Waals surface area contributed by atoms with E-state index >= 15 is 0 Å². The molecule has 3 aromatic rings. The fourth-order valence-electron chi connectivity index (χ4n) is 2.79. The Morgan fingerprint density at radius 1 is 1.00 bits per heavy atom. The summed E-state index contributed by atoms with van der Waals surface area (Å²) in [7, 11) is 0. The summed E-state index contributed by atoms with van der Waals surface area (Å²) >= 11 is 0. The summed E-state index contributed by atoms with van der Waals surface area (Å²) < 4.78 is 12.5. The fourth-order valence-corrected chi connectivity index (χ4v) is 2.79. The van der Waals surface area contributed by atoms with Crippen LogP contribution in [0.25, 0.3) is 0 Å². The lowest BCUT2D eigenvalue weighted by atomic mass is 10.1. The minimum absolute atomic E-state index is 0.0461. The summed E-state index contributed by atoms with van der Waals surface area (Å²) in [5.74, 6) is -1.16. The Labute approximate surface area is 174 Å². The van der Waals surface area contributed by atoms with Gasteiger partial charge in [-0.05, 0) is 11.1 Å². The van der Waals surface area contributed by atoms with Gasteiger partial charge in [-0.15, -0.1) is 0 Å². The van der Waals surface area contributed by atoms with Gasteiger partial charge in [-0.25, -0.2) is 14.6 Å². The number of amides is 1. The van der Waals surface area contributed by atoms with E-state index in [0.717, 1.165) is 11.1 Å². The van der Waals surface area contributed by atoms with E-state index in [9.17, 15) is 14.7 Å². The number of imidazole rings is 1. The second-order valence-electron chi connectivity index (χ2n) is 6.62. The first-order valence-corrected chi connectivity index (χ1v) is 9.42. The van der Waals surface area contributed by atoms with Crippen LogP contribution in [0, 0.1) is 0 Å². The van der Waals surface area contributed by atoms with E-state index in [-0.39, 0.29) is 19.8 Å². The van der Waals surface area contributed by atoms with Gasteiger partial charge in [0.2, 0.25) is 0 Å². The maximum atomic E-state index is 12.0. The van der Waals surface area contributed by atoms with Crippen molar-refractivity contribution in [2.24, 2.45) is 0 Å². The van der Waals surface area contributed by atoms with Crippen molar-refractivity contribution in [1.82, 2.24) is 14.9 Å². The predicted octanol–water partition coefficient (Wildman–Crippen LogP) is 2.98. The van der Waals surface area contributed by atoms with Crippen LogP contribution in [0.15, 0.2) is 73.2 Å². The second-order valence-corrected chi connectivity index (χ2v) is 6.62. The minimum Gasteiger partial charge on any atom is -0.480 e. The Bertz CT molecular complexity index is 944. The van der Waals surface area contributed by atoms with Crippen molar-refractivity contribution in [3.05, 3.63) is 90.0 Å². The van der Waals surface area contributed by atoms with Crippen LogP contribution in [0.5, 0.6) is 0 Å². The number of carboxylic acid groups (broad SMARTS) is 1. The fraction of sp³-hybridized carbons (Fsp3) is 0.227. The van der Waals surface area contributed by atoms with Gasteiger partial charge in [0, 0.05) is 18.3 Å². The maximum Gasteiger partial charge on any atom is 0.408 e. The van der Waals surface area contributed by atoms with E-state index in [1.807, 2.05) is 60.7 Å². The standard InChI is InChI=1S/C22H23N3O5/c26-21(27)20(24-22(28)30-14-18-9-5-2-6-10-18)11-19-12-23-15-25(19)16-29-13-17-7-3-1-4-8-17/h1-10,12,15,20H,11,13-14,16H2,(H,24,28)(H,26,27). The molecule has 1 aromatic heterocycles. The number of carbonyl (C=O) groups excluding carboxylic acids is 1. The highest BCUT2D eigenvalue weighted by molar-refractivity contribution is 5.80. The average Bonchev–Trinajstić information content (AvgIpc) is 3.20. The Morgan fingerprint density at radius 3 is 2.27 bits per heavy atom. The summed E-state index contributed by atoms with van der Waals surface area (Å²) in [5.41, 5.74) is 2.47. The van der Waals surface area contributed by atoms with Crippen molar-refractivity contribution in [3.8, 4) is 0 Å². The predicted molar refractivity (Wildman–Crippen MR) is 108 cm³/mol. The third-order valence-electron chi connectivity index (χ3n) is 4.36. The molecular weight excluding hydrogens is 386 g/mol. The number of hydrogen-bond donors (Lipinski definition) is 2. The summed E-state index contributed by atoms with van der Waals surface area (Å²) in [6.07, 6.45) is 2.37. The average molecular weight is 409 g/mol. The van der Waals surface area contributed by atoms with Crippen LogP contribution < -0.4 is 5.32 Å². The van der Waals surface area contributed by atoms with Gasteiger partial charge < -0.3 is 24.5 Å². The SMILES string of the molecule is O=C(NC(Cc1cncn1COCc1ccccc1)C(=O)O)OCc1ccccc1. The number of benzene rings is 2. The molecule has 0 aliphatic rings. The highest BCUT2D eigenvalue weighted by Gasteiger charge is 2.23. The third-order valence-corrected chi connectivity index (χ3v) is 4.36. The van der Waals surface area contributed by atoms with E-state index < -0.39 is 18.1 Å². The number of nitrogens with one attached hydrogen (secondary N) is 1. The van der Waals surface area contributed by atoms with Crippen molar-refractivity contribution in [1.29, 1.82) is 0 Å². The van der Waals surface area contributed by atoms with Gasteiger partial charge in [-0.3, -0.25) is 0 Å². The number of ether oxygens (including phenoxy) is 2. The molecule has 1 heterocycles. The first-order valence-electron chi connectivity index (χ1n) is 9.42. The smallest absolute Gasteiger partial charge is 0.408 e. The quantitative estimate of drug-likeness (QED) is 0.534. The number of carbonyl (C=O) groups is 2. The van der Waals surface area contributed by atoms with Crippen LogP contribution in [0.4, 0.5) is 4.79 Å². The number of nitrogens with zero attached hydrogens (tertiary/aromatic N) is 2. The molecule has 0 aliphatic carbocycles. The molecule has 1 amide bonds. The van der Waals surface area contributed by atoms with Gasteiger partial charge in [-0.2, -0.15) is 0 Å². The number of rotatable bonds is 10. The van der Waals surface area contributed by atoms with Crippen molar-refractivity contribution in [3.63, 3.8) is 0 Å². The molecule has 0 saturated carbocycles. The molecule has 0 fully saturated rings. The van der Waals surface area contributed by atoms with Gasteiger partial charge >= 0.3 is 12.1 Å². The summed E-state index contributed by atoms with van der Waals surface area (Å²) in [4.78, 5) is 27.7.